The lowest BCUT2D eigenvalue weighted by Crippen LogP contribution is -1.90. The Morgan fingerprint density at radius 1 is 1.11 bits per heavy atom. The highest BCUT2D eigenvalue weighted by molar-refractivity contribution is 9.10. The van der Waals surface area contributed by atoms with E-state index < -0.39 is 0 Å². The van der Waals surface area contributed by atoms with Crippen molar-refractivity contribution in [1.29, 1.82) is 0 Å². The Morgan fingerprint density at radius 3 is 2.58 bits per heavy atom. The molecule has 0 aliphatic carbocycles. The van der Waals surface area contributed by atoms with E-state index >= 15 is 0 Å². The van der Waals surface area contributed by atoms with Crippen molar-refractivity contribution >= 4 is 38.8 Å². The average molecular weight is 336 g/mol. The van der Waals surface area contributed by atoms with Crippen LogP contribution in [-0.2, 0) is 0 Å². The molecule has 0 radical (unpaired) electrons. The fourth-order valence-corrected chi connectivity index (χ4v) is 3.33. The predicted octanol–water partition coefficient (Wildman–Crippen LogP) is 5.41. The number of benzene rings is 2. The van der Waals surface area contributed by atoms with Crippen LogP contribution in [0.2, 0.25) is 0 Å². The van der Waals surface area contributed by atoms with Gasteiger partial charge in [-0.15, -0.1) is 0 Å². The van der Waals surface area contributed by atoms with Gasteiger partial charge in [-0.1, -0.05) is 18.2 Å². The van der Waals surface area contributed by atoms with Crippen LogP contribution in [0.25, 0.3) is 10.9 Å². The first-order chi connectivity index (χ1) is 9.15. The predicted molar refractivity (Wildman–Crippen MR) is 82.0 cm³/mol. The van der Waals surface area contributed by atoms with Crippen molar-refractivity contribution in [2.45, 2.75) is 11.8 Å². The molecular weight excluding hydrogens is 325 g/mol. The molecule has 0 saturated carbocycles. The number of nitrogens with zero attached hydrogens (tertiary/aromatic N) is 1. The van der Waals surface area contributed by atoms with Crippen LogP contribution in [-0.4, -0.2) is 3.97 Å². The Hall–Kier alpha value is -1.26. The molecule has 4 heteroatoms. The molecule has 19 heavy (non-hydrogen) atoms. The third-order valence-electron chi connectivity index (χ3n) is 2.91. The molecule has 0 atom stereocenters. The number of hydrogen-bond donors (Lipinski definition) is 0. The van der Waals surface area contributed by atoms with Gasteiger partial charge in [0, 0.05) is 22.0 Å². The molecule has 3 rings (SSSR count). The minimum atomic E-state index is -0.236. The topological polar surface area (TPSA) is 4.93 Å². The summed E-state index contributed by atoms with van der Waals surface area (Å²) < 4.78 is 16.3. The largest absolute Gasteiger partial charge is 0.284 e. The van der Waals surface area contributed by atoms with Gasteiger partial charge in [-0.05, 0) is 59.1 Å². The number of hydrogen-bond acceptors (Lipinski definition) is 1. The lowest BCUT2D eigenvalue weighted by Gasteiger charge is -2.07. The fraction of sp³-hybridized carbons (Fsp3) is 0.0667. The zero-order valence-corrected chi connectivity index (χ0v) is 12.6. The minimum Gasteiger partial charge on any atom is -0.284 e. The second-order valence-corrected chi connectivity index (χ2v) is 6.18. The van der Waals surface area contributed by atoms with Crippen LogP contribution in [0.5, 0.6) is 0 Å². The molecule has 0 aliphatic heterocycles. The van der Waals surface area contributed by atoms with Crippen LogP contribution in [0.3, 0.4) is 0 Å². The maximum absolute atomic E-state index is 13.7. The number of aryl methyl sites for hydroxylation is 1. The van der Waals surface area contributed by atoms with E-state index in [1.165, 1.54) is 0 Å². The van der Waals surface area contributed by atoms with E-state index in [9.17, 15) is 4.39 Å². The Bertz CT molecular complexity index is 737. The zero-order valence-electron chi connectivity index (χ0n) is 10.2. The normalized spacial score (nSPS) is 11.1. The summed E-state index contributed by atoms with van der Waals surface area (Å²) in [4.78, 5) is 1.13. The standard InChI is InChI=1S/C15H11BrFNS/c1-10-7-11-8-13(16)14(17)9-15(11)18(10)19-12-5-3-2-4-6-12/h2-9H,1H3. The Balaban J connectivity index is 2.13. The van der Waals surface area contributed by atoms with Gasteiger partial charge in [0.2, 0.25) is 0 Å². The van der Waals surface area contributed by atoms with E-state index in [4.69, 9.17) is 0 Å². The molecule has 96 valence electrons. The van der Waals surface area contributed by atoms with Crippen LogP contribution in [0.4, 0.5) is 4.39 Å². The first-order valence-electron chi connectivity index (χ1n) is 5.85. The average Bonchev–Trinajstić information content (AvgIpc) is 2.68. The maximum atomic E-state index is 13.7. The SMILES string of the molecule is Cc1cc2cc(Br)c(F)cc2n1Sc1ccccc1. The molecule has 2 aromatic carbocycles. The van der Waals surface area contributed by atoms with Gasteiger partial charge >= 0.3 is 0 Å². The Labute approximate surface area is 123 Å². The quantitative estimate of drug-likeness (QED) is 0.606. The van der Waals surface area contributed by atoms with Gasteiger partial charge < -0.3 is 0 Å². The third kappa shape index (κ3) is 2.42. The summed E-state index contributed by atoms with van der Waals surface area (Å²) >= 11 is 4.83. The molecule has 3 aromatic rings. The first-order valence-corrected chi connectivity index (χ1v) is 7.42. The van der Waals surface area contributed by atoms with E-state index in [-0.39, 0.29) is 5.82 Å². The lowest BCUT2D eigenvalue weighted by atomic mass is 10.2. The molecule has 1 nitrogen and oxygen atoms in total. The summed E-state index contributed by atoms with van der Waals surface area (Å²) in [5.41, 5.74) is 1.99. The molecule has 0 fully saturated rings. The molecule has 1 heterocycles. The summed E-state index contributed by atoms with van der Waals surface area (Å²) in [6.45, 7) is 2.03. The summed E-state index contributed by atoms with van der Waals surface area (Å²) in [5, 5.41) is 1.04. The van der Waals surface area contributed by atoms with E-state index in [1.54, 1.807) is 18.0 Å². The van der Waals surface area contributed by atoms with Crippen LogP contribution in [0.1, 0.15) is 5.69 Å². The van der Waals surface area contributed by atoms with Crippen molar-refractivity contribution in [3.05, 3.63) is 64.5 Å². The molecule has 0 N–H and O–H groups in total. The molecule has 0 unspecified atom stereocenters. The smallest absolute Gasteiger partial charge is 0.139 e. The summed E-state index contributed by atoms with van der Waals surface area (Å²) in [6.07, 6.45) is 0. The van der Waals surface area contributed by atoms with Gasteiger partial charge in [0.05, 0.1) is 9.99 Å². The van der Waals surface area contributed by atoms with Crippen LogP contribution in [0.15, 0.2) is 57.9 Å². The Kier molecular flexibility index (Phi) is 3.37. The maximum Gasteiger partial charge on any atom is 0.139 e. The number of halogens is 2. The van der Waals surface area contributed by atoms with Gasteiger partial charge in [-0.2, -0.15) is 0 Å². The molecule has 0 bridgehead atoms. The van der Waals surface area contributed by atoms with Crippen molar-refractivity contribution in [2.24, 2.45) is 0 Å². The molecule has 0 spiro atoms. The van der Waals surface area contributed by atoms with Crippen LogP contribution < -0.4 is 0 Å². The van der Waals surface area contributed by atoms with Crippen molar-refractivity contribution in [2.75, 3.05) is 0 Å². The van der Waals surface area contributed by atoms with Gasteiger partial charge in [-0.25, -0.2) is 4.39 Å². The van der Waals surface area contributed by atoms with Gasteiger partial charge in [0.25, 0.3) is 0 Å². The van der Waals surface area contributed by atoms with Gasteiger partial charge in [0.1, 0.15) is 5.82 Å². The summed E-state index contributed by atoms with van der Waals surface area (Å²) in [5.74, 6) is -0.236. The highest BCUT2D eigenvalue weighted by atomic mass is 79.9. The minimum absolute atomic E-state index is 0.236. The highest BCUT2D eigenvalue weighted by Gasteiger charge is 2.10. The number of rotatable bonds is 2. The Morgan fingerprint density at radius 2 is 1.84 bits per heavy atom. The van der Waals surface area contributed by atoms with Crippen molar-refractivity contribution in [3.8, 4) is 0 Å². The van der Waals surface area contributed by atoms with E-state index in [0.29, 0.717) is 4.47 Å². The fourth-order valence-electron chi connectivity index (χ4n) is 2.02. The number of aromatic nitrogens is 1. The molecular formula is C15H11BrFNS. The number of fused-ring (bicyclic) bond motifs is 1. The second kappa shape index (κ2) is 5.02. The van der Waals surface area contributed by atoms with E-state index in [1.807, 2.05) is 43.3 Å². The van der Waals surface area contributed by atoms with Crippen molar-refractivity contribution < 1.29 is 4.39 Å². The molecule has 0 aliphatic rings. The lowest BCUT2D eigenvalue weighted by molar-refractivity contribution is 0.623. The highest BCUT2D eigenvalue weighted by Crippen LogP contribution is 2.32. The molecule has 1 aromatic heterocycles. The summed E-state index contributed by atoms with van der Waals surface area (Å²) in [7, 11) is 0. The second-order valence-electron chi connectivity index (χ2n) is 4.31. The molecule has 0 saturated heterocycles. The van der Waals surface area contributed by atoms with Crippen molar-refractivity contribution in [3.63, 3.8) is 0 Å². The first kappa shape index (κ1) is 12.8. The van der Waals surface area contributed by atoms with Gasteiger partial charge in [0.15, 0.2) is 0 Å². The van der Waals surface area contributed by atoms with E-state index in [2.05, 4.69) is 26.0 Å². The van der Waals surface area contributed by atoms with Crippen LogP contribution >= 0.6 is 27.9 Å². The third-order valence-corrected chi connectivity index (χ3v) is 4.67. The summed E-state index contributed by atoms with van der Waals surface area (Å²) in [6, 6.07) is 15.5. The van der Waals surface area contributed by atoms with Crippen LogP contribution in [0, 0.1) is 12.7 Å². The van der Waals surface area contributed by atoms with E-state index in [0.717, 1.165) is 21.5 Å². The monoisotopic (exact) mass is 335 g/mol. The van der Waals surface area contributed by atoms with Gasteiger partial charge in [-0.3, -0.25) is 3.97 Å². The zero-order chi connectivity index (χ0) is 13.4. The van der Waals surface area contributed by atoms with Crippen molar-refractivity contribution in [1.82, 2.24) is 3.97 Å². The molecule has 0 amide bonds.